The van der Waals surface area contributed by atoms with Crippen LogP contribution in [0.25, 0.3) is 0 Å². The van der Waals surface area contributed by atoms with Crippen LogP contribution in [0.2, 0.25) is 0 Å². The average molecular weight is 354 g/mol. The Kier molecular flexibility index (Phi) is 5.50. The fourth-order valence-electron chi connectivity index (χ4n) is 3.20. The van der Waals surface area contributed by atoms with E-state index in [0.717, 1.165) is 0 Å². The Morgan fingerprint density at radius 1 is 1.29 bits per heavy atom. The number of carbonyl (C=O) groups excluding carboxylic acids is 1. The van der Waals surface area contributed by atoms with Crippen LogP contribution in [0.1, 0.15) is 17.3 Å². The standard InChI is InChI=1S/C17H23FN2O3S/c1-13-11-20(6-9-24(22)12-13)17(21)14-2-3-16(15(18)10-14)19-4-7-23-8-5-19/h2-3,10,13H,4-9,11-12H2,1H3/t13-,24+/m0/s1. The summed E-state index contributed by atoms with van der Waals surface area (Å²) in [5.74, 6) is 0.732. The van der Waals surface area contributed by atoms with E-state index in [4.69, 9.17) is 4.74 Å². The number of carbonyl (C=O) groups is 1. The molecule has 2 saturated heterocycles. The minimum atomic E-state index is -0.879. The Balaban J connectivity index is 1.75. The number of rotatable bonds is 2. The lowest BCUT2D eigenvalue weighted by Gasteiger charge is -2.29. The highest BCUT2D eigenvalue weighted by atomic mass is 32.2. The second kappa shape index (κ2) is 7.61. The van der Waals surface area contributed by atoms with Crippen molar-refractivity contribution in [3.05, 3.63) is 29.6 Å². The van der Waals surface area contributed by atoms with Crippen molar-refractivity contribution in [3.63, 3.8) is 0 Å². The first-order valence-electron chi connectivity index (χ1n) is 8.31. The molecule has 5 nitrogen and oxygen atoms in total. The van der Waals surface area contributed by atoms with Crippen molar-refractivity contribution in [1.29, 1.82) is 0 Å². The third kappa shape index (κ3) is 3.95. The van der Waals surface area contributed by atoms with Gasteiger partial charge in [-0.05, 0) is 24.1 Å². The van der Waals surface area contributed by atoms with Gasteiger partial charge in [-0.15, -0.1) is 0 Å². The van der Waals surface area contributed by atoms with Gasteiger partial charge < -0.3 is 14.5 Å². The lowest BCUT2D eigenvalue weighted by Crippen LogP contribution is -2.37. The highest BCUT2D eigenvalue weighted by Gasteiger charge is 2.24. The summed E-state index contributed by atoms with van der Waals surface area (Å²) in [6, 6.07) is 4.68. The molecule has 3 rings (SSSR count). The molecule has 7 heteroatoms. The largest absolute Gasteiger partial charge is 0.378 e. The molecule has 0 N–H and O–H groups in total. The Labute approximate surface area is 144 Å². The monoisotopic (exact) mass is 354 g/mol. The van der Waals surface area contributed by atoms with Gasteiger partial charge >= 0.3 is 0 Å². The minimum absolute atomic E-state index is 0.187. The van der Waals surface area contributed by atoms with Crippen LogP contribution in [0, 0.1) is 11.7 Å². The third-order valence-electron chi connectivity index (χ3n) is 4.42. The zero-order valence-corrected chi connectivity index (χ0v) is 14.7. The fraction of sp³-hybridized carbons (Fsp3) is 0.588. The van der Waals surface area contributed by atoms with Crippen LogP contribution >= 0.6 is 0 Å². The van der Waals surface area contributed by atoms with Crippen molar-refractivity contribution in [2.24, 2.45) is 5.92 Å². The van der Waals surface area contributed by atoms with Crippen molar-refractivity contribution in [1.82, 2.24) is 4.90 Å². The molecule has 1 aromatic carbocycles. The van der Waals surface area contributed by atoms with Crippen LogP contribution in [-0.4, -0.2) is 65.9 Å². The molecule has 0 unspecified atom stereocenters. The first-order valence-corrected chi connectivity index (χ1v) is 9.80. The summed E-state index contributed by atoms with van der Waals surface area (Å²) < 4.78 is 31.5. The number of halogens is 1. The molecule has 132 valence electrons. The van der Waals surface area contributed by atoms with E-state index in [9.17, 15) is 13.4 Å². The summed E-state index contributed by atoms with van der Waals surface area (Å²) in [4.78, 5) is 16.3. The van der Waals surface area contributed by atoms with Gasteiger partial charge in [-0.1, -0.05) is 6.92 Å². The van der Waals surface area contributed by atoms with Crippen molar-refractivity contribution >= 4 is 22.4 Å². The van der Waals surface area contributed by atoms with E-state index in [1.54, 1.807) is 17.0 Å². The van der Waals surface area contributed by atoms with Gasteiger partial charge in [-0.2, -0.15) is 0 Å². The first kappa shape index (κ1) is 17.4. The summed E-state index contributed by atoms with van der Waals surface area (Å²) in [6.07, 6.45) is 0. The number of anilines is 1. The fourth-order valence-corrected chi connectivity index (χ4v) is 4.53. The SMILES string of the molecule is C[C@H]1CN(C(=O)c2ccc(N3CCOCC3)c(F)c2)CC[S@@](=O)C1. The van der Waals surface area contributed by atoms with Crippen molar-refractivity contribution in [3.8, 4) is 0 Å². The molecule has 1 amide bonds. The van der Waals surface area contributed by atoms with Gasteiger partial charge in [0.15, 0.2) is 0 Å². The predicted molar refractivity (Wildman–Crippen MR) is 92.4 cm³/mol. The van der Waals surface area contributed by atoms with Crippen LogP contribution in [-0.2, 0) is 15.5 Å². The van der Waals surface area contributed by atoms with E-state index >= 15 is 0 Å². The van der Waals surface area contributed by atoms with Crippen molar-refractivity contribution < 1.29 is 18.1 Å². The number of hydrogen-bond acceptors (Lipinski definition) is 4. The molecule has 0 aliphatic carbocycles. The Morgan fingerprint density at radius 2 is 2.04 bits per heavy atom. The van der Waals surface area contributed by atoms with Gasteiger partial charge in [0, 0.05) is 54.0 Å². The van der Waals surface area contributed by atoms with E-state index in [1.807, 2.05) is 11.8 Å². The maximum Gasteiger partial charge on any atom is 0.253 e. The topological polar surface area (TPSA) is 49.9 Å². The molecule has 0 spiro atoms. The second-order valence-electron chi connectivity index (χ2n) is 6.43. The molecule has 0 radical (unpaired) electrons. The van der Waals surface area contributed by atoms with Gasteiger partial charge in [0.25, 0.3) is 5.91 Å². The molecule has 2 heterocycles. The maximum atomic E-state index is 14.5. The third-order valence-corrected chi connectivity index (χ3v) is 6.00. The number of benzene rings is 1. The highest BCUT2D eigenvalue weighted by Crippen LogP contribution is 2.23. The van der Waals surface area contributed by atoms with Crippen molar-refractivity contribution in [2.75, 3.05) is 55.8 Å². The number of ether oxygens (including phenoxy) is 1. The van der Waals surface area contributed by atoms with E-state index < -0.39 is 10.8 Å². The molecule has 2 aliphatic rings. The van der Waals surface area contributed by atoms with Crippen LogP contribution in [0.5, 0.6) is 0 Å². The smallest absolute Gasteiger partial charge is 0.253 e. The quantitative estimate of drug-likeness (QED) is 0.808. The lowest BCUT2D eigenvalue weighted by atomic mass is 10.1. The first-order chi connectivity index (χ1) is 11.5. The van der Waals surface area contributed by atoms with Crippen LogP contribution in [0.15, 0.2) is 18.2 Å². The Hall–Kier alpha value is -1.47. The summed E-state index contributed by atoms with van der Waals surface area (Å²) in [6.45, 7) is 5.50. The van der Waals surface area contributed by atoms with E-state index in [1.165, 1.54) is 6.07 Å². The molecule has 0 bridgehead atoms. The number of amides is 1. The Morgan fingerprint density at radius 3 is 2.75 bits per heavy atom. The van der Waals surface area contributed by atoms with Gasteiger partial charge in [0.1, 0.15) is 5.82 Å². The maximum absolute atomic E-state index is 14.5. The summed E-state index contributed by atoms with van der Waals surface area (Å²) in [5.41, 5.74) is 0.865. The van der Waals surface area contributed by atoms with Gasteiger partial charge in [-0.25, -0.2) is 4.39 Å². The van der Waals surface area contributed by atoms with Crippen LogP contribution in [0.4, 0.5) is 10.1 Å². The Bertz CT molecular complexity index is 634. The molecule has 0 saturated carbocycles. The summed E-state index contributed by atoms with van der Waals surface area (Å²) in [7, 11) is -0.879. The molecule has 24 heavy (non-hydrogen) atoms. The zero-order valence-electron chi connectivity index (χ0n) is 13.9. The normalized spacial score (nSPS) is 25.4. The van der Waals surface area contributed by atoms with Crippen LogP contribution in [0.3, 0.4) is 0 Å². The van der Waals surface area contributed by atoms with Gasteiger partial charge in [0.2, 0.25) is 0 Å². The molecule has 0 aromatic heterocycles. The number of hydrogen-bond donors (Lipinski definition) is 0. The molecule has 2 atom stereocenters. The van der Waals surface area contributed by atoms with E-state index in [-0.39, 0.29) is 17.6 Å². The molecule has 1 aromatic rings. The summed E-state index contributed by atoms with van der Waals surface area (Å²) >= 11 is 0. The second-order valence-corrected chi connectivity index (χ2v) is 8.05. The van der Waals surface area contributed by atoms with Crippen molar-refractivity contribution in [2.45, 2.75) is 6.92 Å². The molecule has 2 aliphatic heterocycles. The number of morpholine rings is 1. The average Bonchev–Trinajstić information content (AvgIpc) is 2.75. The summed E-state index contributed by atoms with van der Waals surface area (Å²) in [5, 5.41) is 0. The predicted octanol–water partition coefficient (Wildman–Crippen LogP) is 1.50. The zero-order chi connectivity index (χ0) is 17.1. The van der Waals surface area contributed by atoms with E-state index in [2.05, 4.69) is 0 Å². The molecular formula is C17H23FN2O3S. The molecular weight excluding hydrogens is 331 g/mol. The van der Waals surface area contributed by atoms with Gasteiger partial charge in [0.05, 0.1) is 18.9 Å². The van der Waals surface area contributed by atoms with E-state index in [0.29, 0.717) is 62.1 Å². The highest BCUT2D eigenvalue weighted by molar-refractivity contribution is 7.85. The van der Waals surface area contributed by atoms with Crippen LogP contribution < -0.4 is 4.90 Å². The number of nitrogens with zero attached hydrogens (tertiary/aromatic N) is 2. The molecule has 2 fully saturated rings. The minimum Gasteiger partial charge on any atom is -0.378 e. The van der Waals surface area contributed by atoms with Gasteiger partial charge in [-0.3, -0.25) is 9.00 Å². The lowest BCUT2D eigenvalue weighted by molar-refractivity contribution is 0.0751.